The molecule has 0 amide bonds. The summed E-state index contributed by atoms with van der Waals surface area (Å²) in [6.45, 7) is 0.751. The molecule has 0 spiro atoms. The molecule has 1 aliphatic carbocycles. The molecule has 0 radical (unpaired) electrons. The van der Waals surface area contributed by atoms with Crippen LogP contribution in [0, 0.1) is 0 Å². The molecule has 18 heavy (non-hydrogen) atoms. The molecule has 1 aromatic rings. The van der Waals surface area contributed by atoms with E-state index in [1.165, 1.54) is 18.4 Å². The fraction of sp³-hybridized carbons (Fsp3) is 0.462. The van der Waals surface area contributed by atoms with Crippen LogP contribution >= 0.6 is 15.9 Å². The Morgan fingerprint density at radius 1 is 1.44 bits per heavy atom. The molecule has 1 aliphatic heterocycles. The molecule has 1 aromatic carbocycles. The van der Waals surface area contributed by atoms with Crippen LogP contribution in [-0.4, -0.2) is 30.6 Å². The molecule has 1 atom stereocenters. The van der Waals surface area contributed by atoms with Crippen LogP contribution in [0.2, 0.25) is 0 Å². The van der Waals surface area contributed by atoms with E-state index < -0.39 is 0 Å². The number of methoxy groups -OCH3 is 1. The lowest BCUT2D eigenvalue weighted by atomic mass is 10.1. The summed E-state index contributed by atoms with van der Waals surface area (Å²) < 4.78 is 6.23. The predicted octanol–water partition coefficient (Wildman–Crippen LogP) is 2.29. The van der Waals surface area contributed by atoms with E-state index in [2.05, 4.69) is 38.0 Å². The van der Waals surface area contributed by atoms with Gasteiger partial charge in [0.25, 0.3) is 0 Å². The second-order valence-electron chi connectivity index (χ2n) is 4.75. The normalized spacial score (nSPS) is 23.1. The van der Waals surface area contributed by atoms with E-state index in [0.717, 1.165) is 16.8 Å². The van der Waals surface area contributed by atoms with Crippen LogP contribution in [-0.2, 0) is 0 Å². The van der Waals surface area contributed by atoms with Gasteiger partial charge in [-0.1, -0.05) is 6.07 Å². The fourth-order valence-electron chi connectivity index (χ4n) is 2.46. The lowest BCUT2D eigenvalue weighted by Crippen LogP contribution is -2.37. The van der Waals surface area contributed by atoms with Crippen molar-refractivity contribution in [2.75, 3.05) is 13.7 Å². The summed E-state index contributed by atoms with van der Waals surface area (Å²) in [7, 11) is 1.67. The molecule has 96 valence electrons. The van der Waals surface area contributed by atoms with Crippen molar-refractivity contribution in [1.82, 2.24) is 4.90 Å². The highest BCUT2D eigenvalue weighted by Gasteiger charge is 2.38. The molecule has 1 heterocycles. The number of hydrogen-bond donors (Lipinski definition) is 1. The van der Waals surface area contributed by atoms with Crippen molar-refractivity contribution < 1.29 is 4.74 Å². The highest BCUT2D eigenvalue weighted by atomic mass is 79.9. The van der Waals surface area contributed by atoms with Crippen molar-refractivity contribution in [2.24, 2.45) is 10.7 Å². The average Bonchev–Trinajstić information content (AvgIpc) is 3.12. The molecule has 0 aromatic heterocycles. The van der Waals surface area contributed by atoms with Crippen LogP contribution in [0.3, 0.4) is 0 Å². The second kappa shape index (κ2) is 4.46. The van der Waals surface area contributed by atoms with Gasteiger partial charge in [-0.2, -0.15) is 0 Å². The predicted molar refractivity (Wildman–Crippen MR) is 74.8 cm³/mol. The first-order valence-electron chi connectivity index (χ1n) is 6.12. The standard InChI is InChI=1S/C13H16BrN3O/c1-18-12-5-2-8(6-10(12)14)11-7-16-13(15)17(11)9-3-4-9/h2,5-6,9,11H,3-4,7H2,1H3,(H2,15,16). The van der Waals surface area contributed by atoms with Crippen molar-refractivity contribution in [3.63, 3.8) is 0 Å². The van der Waals surface area contributed by atoms with Gasteiger partial charge in [0, 0.05) is 6.04 Å². The van der Waals surface area contributed by atoms with Crippen molar-refractivity contribution >= 4 is 21.9 Å². The van der Waals surface area contributed by atoms with E-state index in [4.69, 9.17) is 10.5 Å². The van der Waals surface area contributed by atoms with Crippen LogP contribution < -0.4 is 10.5 Å². The maximum Gasteiger partial charge on any atom is 0.192 e. The molecule has 1 fully saturated rings. The molecular weight excluding hydrogens is 294 g/mol. The zero-order valence-corrected chi connectivity index (χ0v) is 11.9. The zero-order valence-electron chi connectivity index (χ0n) is 10.3. The van der Waals surface area contributed by atoms with E-state index in [1.54, 1.807) is 7.11 Å². The number of hydrogen-bond acceptors (Lipinski definition) is 4. The van der Waals surface area contributed by atoms with Gasteiger partial charge in [-0.15, -0.1) is 0 Å². The molecule has 1 unspecified atom stereocenters. The maximum atomic E-state index is 5.98. The summed E-state index contributed by atoms with van der Waals surface area (Å²) >= 11 is 3.53. The van der Waals surface area contributed by atoms with E-state index in [-0.39, 0.29) is 6.04 Å². The lowest BCUT2D eigenvalue weighted by molar-refractivity contribution is 0.337. The Bertz CT molecular complexity index is 499. The number of rotatable bonds is 3. The van der Waals surface area contributed by atoms with Crippen molar-refractivity contribution in [1.29, 1.82) is 0 Å². The first-order valence-corrected chi connectivity index (χ1v) is 6.91. The van der Waals surface area contributed by atoms with Gasteiger partial charge in [0.05, 0.1) is 24.2 Å². The Balaban J connectivity index is 1.88. The summed E-state index contributed by atoms with van der Waals surface area (Å²) in [5.41, 5.74) is 7.22. The summed E-state index contributed by atoms with van der Waals surface area (Å²) in [6.07, 6.45) is 2.45. The SMILES string of the molecule is COc1ccc(C2CN=C(N)N2C2CC2)cc1Br. The van der Waals surface area contributed by atoms with Crippen LogP contribution in [0.5, 0.6) is 5.75 Å². The summed E-state index contributed by atoms with van der Waals surface area (Å²) in [5.74, 6) is 1.54. The van der Waals surface area contributed by atoms with Gasteiger partial charge in [-0.3, -0.25) is 4.99 Å². The number of nitrogens with zero attached hydrogens (tertiary/aromatic N) is 2. The van der Waals surface area contributed by atoms with Gasteiger partial charge in [0.2, 0.25) is 0 Å². The summed E-state index contributed by atoms with van der Waals surface area (Å²) in [5, 5.41) is 0. The molecule has 0 saturated heterocycles. The molecule has 4 nitrogen and oxygen atoms in total. The molecule has 2 aliphatic rings. The van der Waals surface area contributed by atoms with Gasteiger partial charge >= 0.3 is 0 Å². The molecule has 3 rings (SSSR count). The lowest BCUT2D eigenvalue weighted by Gasteiger charge is -2.26. The van der Waals surface area contributed by atoms with Crippen LogP contribution in [0.4, 0.5) is 0 Å². The van der Waals surface area contributed by atoms with Crippen molar-refractivity contribution in [2.45, 2.75) is 24.9 Å². The van der Waals surface area contributed by atoms with Crippen LogP contribution in [0.15, 0.2) is 27.7 Å². The Hall–Kier alpha value is -1.23. The third-order valence-electron chi connectivity index (χ3n) is 3.53. The monoisotopic (exact) mass is 309 g/mol. The number of halogens is 1. The Morgan fingerprint density at radius 3 is 2.83 bits per heavy atom. The molecular formula is C13H16BrN3O. The number of ether oxygens (including phenoxy) is 1. The Labute approximate surface area is 115 Å². The van der Waals surface area contributed by atoms with Gasteiger partial charge in [-0.25, -0.2) is 0 Å². The number of nitrogens with two attached hydrogens (primary N) is 1. The van der Waals surface area contributed by atoms with Gasteiger partial charge in [0.15, 0.2) is 5.96 Å². The van der Waals surface area contributed by atoms with Crippen LogP contribution in [0.25, 0.3) is 0 Å². The van der Waals surface area contributed by atoms with Gasteiger partial charge in [-0.05, 0) is 46.5 Å². The highest BCUT2D eigenvalue weighted by Crippen LogP contribution is 2.38. The first kappa shape index (κ1) is 11.8. The highest BCUT2D eigenvalue weighted by molar-refractivity contribution is 9.10. The largest absolute Gasteiger partial charge is 0.496 e. The van der Waals surface area contributed by atoms with Gasteiger partial charge < -0.3 is 15.4 Å². The fourth-order valence-corrected chi connectivity index (χ4v) is 3.02. The minimum absolute atomic E-state index is 0.278. The van der Waals surface area contributed by atoms with Crippen molar-refractivity contribution in [3.05, 3.63) is 28.2 Å². The van der Waals surface area contributed by atoms with Crippen LogP contribution in [0.1, 0.15) is 24.4 Å². The summed E-state index contributed by atoms with van der Waals surface area (Å²) in [6, 6.07) is 7.05. The molecule has 0 bridgehead atoms. The Kier molecular flexibility index (Phi) is 2.93. The maximum absolute atomic E-state index is 5.98. The minimum Gasteiger partial charge on any atom is -0.496 e. The van der Waals surface area contributed by atoms with E-state index in [1.807, 2.05) is 6.07 Å². The average molecular weight is 310 g/mol. The third-order valence-corrected chi connectivity index (χ3v) is 4.15. The topological polar surface area (TPSA) is 50.9 Å². The van der Waals surface area contributed by atoms with Crippen molar-refractivity contribution in [3.8, 4) is 5.75 Å². The number of benzene rings is 1. The third kappa shape index (κ3) is 1.96. The van der Waals surface area contributed by atoms with E-state index in [0.29, 0.717) is 12.0 Å². The smallest absolute Gasteiger partial charge is 0.192 e. The minimum atomic E-state index is 0.278. The van der Waals surface area contributed by atoms with E-state index in [9.17, 15) is 0 Å². The zero-order chi connectivity index (χ0) is 12.7. The Morgan fingerprint density at radius 2 is 2.22 bits per heavy atom. The molecule has 1 saturated carbocycles. The molecule has 5 heteroatoms. The second-order valence-corrected chi connectivity index (χ2v) is 5.60. The van der Waals surface area contributed by atoms with E-state index >= 15 is 0 Å². The molecule has 2 N–H and O–H groups in total. The first-order chi connectivity index (χ1) is 8.70. The number of aliphatic imine (C=N–C) groups is 1. The summed E-state index contributed by atoms with van der Waals surface area (Å²) in [4.78, 5) is 6.64. The quantitative estimate of drug-likeness (QED) is 0.932. The van der Waals surface area contributed by atoms with Gasteiger partial charge in [0.1, 0.15) is 5.75 Å². The number of guanidine groups is 1.